The summed E-state index contributed by atoms with van der Waals surface area (Å²) in [5.74, 6) is -1.33. The van der Waals surface area contributed by atoms with Crippen molar-refractivity contribution in [3.8, 4) is 0 Å². The van der Waals surface area contributed by atoms with E-state index in [4.69, 9.17) is 9.47 Å². The Morgan fingerprint density at radius 3 is 1.97 bits per heavy atom. The molecule has 1 fully saturated rings. The van der Waals surface area contributed by atoms with Crippen molar-refractivity contribution >= 4 is 29.9 Å². The monoisotopic (exact) mass is 475 g/mol. The Morgan fingerprint density at radius 2 is 1.44 bits per heavy atom. The van der Waals surface area contributed by atoms with E-state index in [1.54, 1.807) is 70.7 Å². The molecular weight excluding hydrogens is 442 g/mol. The molecule has 2 aliphatic rings. The summed E-state index contributed by atoms with van der Waals surface area (Å²) in [4.78, 5) is 54.9. The molecule has 0 radical (unpaired) electrons. The number of aliphatic carboxylic acids is 1. The second-order valence-corrected chi connectivity index (χ2v) is 10.5. The number of benzene rings is 1. The fourth-order valence-electron chi connectivity index (χ4n) is 4.13. The third-order valence-electron chi connectivity index (χ3n) is 5.47. The average Bonchev–Trinajstić information content (AvgIpc) is 2.70. The normalized spacial score (nSPS) is 19.5. The summed E-state index contributed by atoms with van der Waals surface area (Å²) in [5, 5.41) is 9.93. The second-order valence-electron chi connectivity index (χ2n) is 10.5. The molecule has 1 unspecified atom stereocenters. The molecule has 0 aliphatic carbocycles. The molecule has 1 N–H and O–H groups in total. The summed E-state index contributed by atoms with van der Waals surface area (Å²) < 4.78 is 10.8. The Labute approximate surface area is 199 Å². The number of urea groups is 1. The van der Waals surface area contributed by atoms with Crippen LogP contribution in [0.5, 0.6) is 0 Å². The van der Waals surface area contributed by atoms with Crippen molar-refractivity contribution in [2.45, 2.75) is 77.7 Å². The van der Waals surface area contributed by atoms with Crippen molar-refractivity contribution in [2.24, 2.45) is 0 Å². The highest BCUT2D eigenvalue weighted by atomic mass is 16.6. The molecule has 0 saturated carbocycles. The van der Waals surface area contributed by atoms with Crippen LogP contribution in [0.1, 0.15) is 66.0 Å². The molecule has 4 amide bonds. The van der Waals surface area contributed by atoms with Gasteiger partial charge in [-0.2, -0.15) is 0 Å². The fourth-order valence-corrected chi connectivity index (χ4v) is 4.13. The van der Waals surface area contributed by atoms with Crippen molar-refractivity contribution in [2.75, 3.05) is 18.0 Å². The van der Waals surface area contributed by atoms with E-state index in [0.29, 0.717) is 42.1 Å². The fraction of sp³-hybridized carbons (Fsp3) is 0.583. The number of amides is 4. The van der Waals surface area contributed by atoms with Gasteiger partial charge in [0, 0.05) is 24.7 Å². The number of carboxylic acids is 1. The van der Waals surface area contributed by atoms with Crippen LogP contribution in [0.3, 0.4) is 0 Å². The van der Waals surface area contributed by atoms with Crippen molar-refractivity contribution < 1.29 is 33.8 Å². The molecule has 1 aromatic carbocycles. The van der Waals surface area contributed by atoms with Crippen molar-refractivity contribution in [3.63, 3.8) is 0 Å². The van der Waals surface area contributed by atoms with Gasteiger partial charge in [0.2, 0.25) is 0 Å². The van der Waals surface area contributed by atoms with Gasteiger partial charge in [-0.3, -0.25) is 4.90 Å². The smallest absolute Gasteiger partial charge is 0.419 e. The SMILES string of the molecule is CC(C)(C)OC(=O)N1CCC(N2C(=O)N(C(=O)OC(C)(C)C)C(C(=O)O)c3ccccc32)CC1. The predicted molar refractivity (Wildman–Crippen MR) is 124 cm³/mol. The number of anilines is 1. The molecule has 0 spiro atoms. The van der Waals surface area contributed by atoms with E-state index in [1.165, 1.54) is 4.90 Å². The van der Waals surface area contributed by atoms with Crippen LogP contribution >= 0.6 is 0 Å². The third kappa shape index (κ3) is 5.43. The van der Waals surface area contributed by atoms with Gasteiger partial charge in [0.15, 0.2) is 6.04 Å². The van der Waals surface area contributed by atoms with Gasteiger partial charge < -0.3 is 19.5 Å². The maximum atomic E-state index is 13.6. The number of piperidine rings is 1. The van der Waals surface area contributed by atoms with Crippen molar-refractivity contribution in [1.82, 2.24) is 9.80 Å². The van der Waals surface area contributed by atoms with E-state index in [1.807, 2.05) is 0 Å². The van der Waals surface area contributed by atoms with E-state index in [-0.39, 0.29) is 6.04 Å². The van der Waals surface area contributed by atoms with Crippen LogP contribution in [0, 0.1) is 0 Å². The molecule has 34 heavy (non-hydrogen) atoms. The first kappa shape index (κ1) is 25.3. The topological polar surface area (TPSA) is 117 Å². The van der Waals surface area contributed by atoms with Crippen molar-refractivity contribution in [1.29, 1.82) is 0 Å². The van der Waals surface area contributed by atoms with Crippen LogP contribution in [0.25, 0.3) is 0 Å². The lowest BCUT2D eigenvalue weighted by atomic mass is 9.95. The molecule has 10 nitrogen and oxygen atoms in total. The molecule has 1 aromatic rings. The number of nitrogens with zero attached hydrogens (tertiary/aromatic N) is 3. The zero-order valence-electron chi connectivity index (χ0n) is 20.5. The van der Waals surface area contributed by atoms with Crippen LogP contribution in [0.2, 0.25) is 0 Å². The molecule has 0 bridgehead atoms. The van der Waals surface area contributed by atoms with Gasteiger partial charge >= 0.3 is 24.2 Å². The van der Waals surface area contributed by atoms with Gasteiger partial charge in [-0.1, -0.05) is 18.2 Å². The highest BCUT2D eigenvalue weighted by Crippen LogP contribution is 2.40. The summed E-state index contributed by atoms with van der Waals surface area (Å²) in [7, 11) is 0. The Morgan fingerprint density at radius 1 is 0.912 bits per heavy atom. The van der Waals surface area contributed by atoms with Gasteiger partial charge in [-0.05, 0) is 60.5 Å². The minimum atomic E-state index is -1.50. The largest absolute Gasteiger partial charge is 0.479 e. The summed E-state index contributed by atoms with van der Waals surface area (Å²) in [5.41, 5.74) is -0.762. The van der Waals surface area contributed by atoms with Gasteiger partial charge in [-0.15, -0.1) is 0 Å². The minimum Gasteiger partial charge on any atom is -0.479 e. The lowest BCUT2D eigenvalue weighted by Gasteiger charge is -2.45. The number of fused-ring (bicyclic) bond motifs is 1. The number of imide groups is 1. The third-order valence-corrected chi connectivity index (χ3v) is 5.47. The number of hydrogen-bond acceptors (Lipinski definition) is 6. The number of hydrogen-bond donors (Lipinski definition) is 1. The maximum absolute atomic E-state index is 13.6. The Bertz CT molecular complexity index is 972. The minimum absolute atomic E-state index is 0.329. The first-order valence-corrected chi connectivity index (χ1v) is 11.3. The average molecular weight is 476 g/mol. The van der Waals surface area contributed by atoms with E-state index >= 15 is 0 Å². The second kappa shape index (κ2) is 9.15. The van der Waals surface area contributed by atoms with E-state index in [2.05, 4.69) is 0 Å². The maximum Gasteiger partial charge on any atom is 0.419 e. The molecule has 1 saturated heterocycles. The van der Waals surface area contributed by atoms with Crippen LogP contribution < -0.4 is 4.90 Å². The Kier molecular flexibility index (Phi) is 6.82. The Hall–Kier alpha value is -3.30. The highest BCUT2D eigenvalue weighted by Gasteiger charge is 2.48. The van der Waals surface area contributed by atoms with E-state index in [0.717, 1.165) is 0 Å². The van der Waals surface area contributed by atoms with Gasteiger partial charge in [0.25, 0.3) is 0 Å². The highest BCUT2D eigenvalue weighted by molar-refractivity contribution is 6.07. The molecule has 0 aromatic heterocycles. The summed E-state index contributed by atoms with van der Waals surface area (Å²) in [6.07, 6.45) is -0.549. The predicted octanol–water partition coefficient (Wildman–Crippen LogP) is 4.39. The molecule has 3 rings (SSSR count). The molecule has 2 heterocycles. The zero-order valence-corrected chi connectivity index (χ0v) is 20.5. The first-order valence-electron chi connectivity index (χ1n) is 11.3. The summed E-state index contributed by atoms with van der Waals surface area (Å²) in [6.45, 7) is 11.1. The lowest BCUT2D eigenvalue weighted by Crippen LogP contribution is -2.59. The molecule has 1 atom stereocenters. The van der Waals surface area contributed by atoms with Crippen LogP contribution in [0.4, 0.5) is 20.1 Å². The lowest BCUT2D eigenvalue weighted by molar-refractivity contribution is -0.142. The molecular formula is C24H33N3O7. The Balaban J connectivity index is 1.91. The number of carboxylic acid groups (broad SMARTS) is 1. The summed E-state index contributed by atoms with van der Waals surface area (Å²) in [6, 6.07) is 4.06. The van der Waals surface area contributed by atoms with Crippen LogP contribution in [-0.4, -0.2) is 69.4 Å². The standard InChI is InChI=1S/C24H33N3O7/c1-23(2,3)33-21(31)25-13-11-15(12-14-25)26-17-10-8-7-9-16(17)18(19(28)29)27(20(26)30)22(32)34-24(4,5)6/h7-10,15,18H,11-14H2,1-6H3,(H,28,29). The molecule has 2 aliphatic heterocycles. The zero-order chi connectivity index (χ0) is 25.4. The van der Waals surface area contributed by atoms with Gasteiger partial charge in [0.1, 0.15) is 11.2 Å². The van der Waals surface area contributed by atoms with E-state index in [9.17, 15) is 24.3 Å². The quantitative estimate of drug-likeness (QED) is 0.674. The molecule has 186 valence electrons. The number of para-hydroxylation sites is 1. The van der Waals surface area contributed by atoms with Gasteiger partial charge in [0.05, 0.1) is 5.69 Å². The first-order chi connectivity index (χ1) is 15.7. The van der Waals surface area contributed by atoms with Crippen LogP contribution in [-0.2, 0) is 14.3 Å². The summed E-state index contributed by atoms with van der Waals surface area (Å²) >= 11 is 0. The number of carbonyl (C=O) groups excluding carboxylic acids is 3. The number of ether oxygens (including phenoxy) is 2. The van der Waals surface area contributed by atoms with E-state index < -0.39 is 41.4 Å². The number of rotatable bonds is 2. The van der Waals surface area contributed by atoms with Gasteiger partial charge in [-0.25, -0.2) is 24.1 Å². The van der Waals surface area contributed by atoms with Crippen molar-refractivity contribution in [3.05, 3.63) is 29.8 Å². The number of carbonyl (C=O) groups is 4. The molecule has 10 heteroatoms. The van der Waals surface area contributed by atoms with Crippen LogP contribution in [0.15, 0.2) is 24.3 Å². The number of likely N-dealkylation sites (tertiary alicyclic amines) is 1.